The van der Waals surface area contributed by atoms with E-state index in [1.807, 2.05) is 0 Å². The van der Waals surface area contributed by atoms with Gasteiger partial charge < -0.3 is 13.9 Å². The van der Waals surface area contributed by atoms with E-state index in [4.69, 9.17) is 4.42 Å². The van der Waals surface area contributed by atoms with Crippen LogP contribution in [0.3, 0.4) is 0 Å². The third-order valence-electron chi connectivity index (χ3n) is 11.0. The number of fused-ring (bicyclic) bond motifs is 7. The van der Waals surface area contributed by atoms with Crippen LogP contribution in [0.15, 0.2) is 211 Å². The summed E-state index contributed by atoms with van der Waals surface area (Å²) in [5.74, 6) is 0. The number of hydrogen-bond donors (Lipinski definition) is 0. The molecule has 0 bridgehead atoms. The Kier molecular flexibility index (Phi) is 7.17. The number of furan rings is 1. The molecule has 0 unspecified atom stereocenters. The van der Waals surface area contributed by atoms with Crippen molar-refractivity contribution < 1.29 is 4.42 Å². The molecule has 0 radical (unpaired) electrons. The fourth-order valence-electron chi connectivity index (χ4n) is 8.35. The zero-order valence-electron chi connectivity index (χ0n) is 29.9. The fraction of sp³-hybridized carbons (Fsp3) is 0. The first-order chi connectivity index (χ1) is 27.3. The summed E-state index contributed by atoms with van der Waals surface area (Å²) < 4.78 is 8.81. The van der Waals surface area contributed by atoms with E-state index in [0.717, 1.165) is 61.3 Å². The molecule has 0 saturated heterocycles. The largest absolute Gasteiger partial charge is 0.456 e. The van der Waals surface area contributed by atoms with Gasteiger partial charge in [-0.3, -0.25) is 0 Å². The van der Waals surface area contributed by atoms with E-state index in [-0.39, 0.29) is 0 Å². The highest BCUT2D eigenvalue weighted by Gasteiger charge is 2.21. The zero-order chi connectivity index (χ0) is 36.3. The minimum absolute atomic E-state index is 0.902. The van der Waals surface area contributed by atoms with Gasteiger partial charge in [0.15, 0.2) is 0 Å². The van der Waals surface area contributed by atoms with Crippen LogP contribution in [0.5, 0.6) is 0 Å². The zero-order valence-corrected chi connectivity index (χ0v) is 29.9. The quantitative estimate of drug-likeness (QED) is 0.172. The number of rotatable bonds is 6. The van der Waals surface area contributed by atoms with Crippen LogP contribution in [0.2, 0.25) is 0 Å². The fourth-order valence-corrected chi connectivity index (χ4v) is 8.35. The van der Waals surface area contributed by atoms with E-state index in [9.17, 15) is 0 Å². The third kappa shape index (κ3) is 5.20. The van der Waals surface area contributed by atoms with E-state index < -0.39 is 0 Å². The monoisotopic (exact) mass is 702 g/mol. The normalized spacial score (nSPS) is 11.6. The van der Waals surface area contributed by atoms with Crippen molar-refractivity contribution in [2.24, 2.45) is 0 Å². The molecule has 0 amide bonds. The smallest absolute Gasteiger partial charge is 0.136 e. The second-order valence-corrected chi connectivity index (χ2v) is 14.2. The molecule has 3 nitrogen and oxygen atoms in total. The SMILES string of the molecule is c1ccc(-c2ccc(N(c3ccccc3)c3cccc4c3c3ccccc3n4-c3ccc(-c4ccc5c(c4)oc4cc6ccccc6cc45)cc3)cc2)cc1. The average Bonchev–Trinajstić information content (AvgIpc) is 3.79. The minimum Gasteiger partial charge on any atom is -0.456 e. The molecule has 258 valence electrons. The number of anilines is 3. The summed E-state index contributed by atoms with van der Waals surface area (Å²) in [5, 5.41) is 7.12. The van der Waals surface area contributed by atoms with Crippen molar-refractivity contribution >= 4 is 71.6 Å². The van der Waals surface area contributed by atoms with Crippen molar-refractivity contribution in [3.8, 4) is 27.9 Å². The van der Waals surface area contributed by atoms with Gasteiger partial charge in [-0.15, -0.1) is 0 Å². The Bertz CT molecular complexity index is 3180. The molecule has 0 aliphatic heterocycles. The van der Waals surface area contributed by atoms with Crippen LogP contribution in [-0.4, -0.2) is 4.57 Å². The van der Waals surface area contributed by atoms with Gasteiger partial charge in [0.05, 0.1) is 16.7 Å². The minimum atomic E-state index is 0.902. The second kappa shape index (κ2) is 12.6. The molecule has 0 aliphatic carbocycles. The second-order valence-electron chi connectivity index (χ2n) is 14.2. The molecule has 0 fully saturated rings. The van der Waals surface area contributed by atoms with Crippen LogP contribution in [0.1, 0.15) is 0 Å². The number of para-hydroxylation sites is 2. The van der Waals surface area contributed by atoms with Gasteiger partial charge in [-0.05, 0) is 112 Å². The van der Waals surface area contributed by atoms with Gasteiger partial charge >= 0.3 is 0 Å². The first-order valence-corrected chi connectivity index (χ1v) is 18.8. The molecular weight excluding hydrogens is 669 g/mol. The van der Waals surface area contributed by atoms with Crippen molar-refractivity contribution in [3.05, 3.63) is 206 Å². The third-order valence-corrected chi connectivity index (χ3v) is 11.0. The molecular formula is C52H34N2O. The summed E-state index contributed by atoms with van der Waals surface area (Å²) in [6.07, 6.45) is 0. The topological polar surface area (TPSA) is 21.3 Å². The highest BCUT2D eigenvalue weighted by atomic mass is 16.3. The van der Waals surface area contributed by atoms with Crippen molar-refractivity contribution in [1.82, 2.24) is 4.57 Å². The molecule has 11 aromatic rings. The highest BCUT2D eigenvalue weighted by molar-refractivity contribution is 6.16. The summed E-state index contributed by atoms with van der Waals surface area (Å²) >= 11 is 0. The summed E-state index contributed by atoms with van der Waals surface area (Å²) in [7, 11) is 0. The summed E-state index contributed by atoms with van der Waals surface area (Å²) in [6, 6.07) is 73.9. The lowest BCUT2D eigenvalue weighted by atomic mass is 10.0. The Morgan fingerprint density at radius 3 is 1.75 bits per heavy atom. The van der Waals surface area contributed by atoms with E-state index in [0.29, 0.717) is 0 Å². The van der Waals surface area contributed by atoms with E-state index in [1.165, 1.54) is 38.2 Å². The summed E-state index contributed by atoms with van der Waals surface area (Å²) in [5.41, 5.74) is 13.3. The van der Waals surface area contributed by atoms with E-state index in [2.05, 4.69) is 216 Å². The lowest BCUT2D eigenvalue weighted by Gasteiger charge is -2.26. The Balaban J connectivity index is 1.02. The standard InChI is InChI=1S/C52H34N2O/c1-3-12-35(13-4-1)36-22-27-42(28-23-36)53(41-16-5-2-6-17-41)48-20-11-21-49-52(48)45-18-9-10-19-47(45)54(49)43-29-24-37(25-30-43)40-26-31-44-46-32-38-14-7-8-15-39(38)33-51(46)55-50(44)34-40/h1-34H. The predicted molar refractivity (Wildman–Crippen MR) is 231 cm³/mol. The van der Waals surface area contributed by atoms with Crippen LogP contribution in [0, 0.1) is 0 Å². The molecule has 0 saturated carbocycles. The maximum absolute atomic E-state index is 6.41. The molecule has 2 aromatic heterocycles. The van der Waals surface area contributed by atoms with Gasteiger partial charge in [-0.2, -0.15) is 0 Å². The predicted octanol–water partition coefficient (Wildman–Crippen LogP) is 14.6. The Labute approximate surface area is 318 Å². The molecule has 3 heteroatoms. The van der Waals surface area contributed by atoms with Crippen molar-refractivity contribution in [2.45, 2.75) is 0 Å². The van der Waals surface area contributed by atoms with Crippen molar-refractivity contribution in [3.63, 3.8) is 0 Å². The summed E-state index contributed by atoms with van der Waals surface area (Å²) in [6.45, 7) is 0. The van der Waals surface area contributed by atoms with Gasteiger partial charge in [0, 0.05) is 38.6 Å². The summed E-state index contributed by atoms with van der Waals surface area (Å²) in [4.78, 5) is 2.38. The molecule has 0 spiro atoms. The first kappa shape index (κ1) is 31.2. The van der Waals surface area contributed by atoms with Crippen LogP contribution in [-0.2, 0) is 0 Å². The molecule has 2 heterocycles. The van der Waals surface area contributed by atoms with Crippen molar-refractivity contribution in [1.29, 1.82) is 0 Å². The molecule has 9 aromatic carbocycles. The van der Waals surface area contributed by atoms with Gasteiger partial charge in [0.2, 0.25) is 0 Å². The number of nitrogens with zero attached hydrogens (tertiary/aromatic N) is 2. The van der Waals surface area contributed by atoms with E-state index in [1.54, 1.807) is 0 Å². The molecule has 55 heavy (non-hydrogen) atoms. The van der Waals surface area contributed by atoms with Crippen LogP contribution < -0.4 is 4.90 Å². The van der Waals surface area contributed by atoms with Crippen LogP contribution in [0.4, 0.5) is 17.1 Å². The first-order valence-electron chi connectivity index (χ1n) is 18.8. The lowest BCUT2D eigenvalue weighted by molar-refractivity contribution is 0.669. The highest BCUT2D eigenvalue weighted by Crippen LogP contribution is 2.44. The molecule has 0 atom stereocenters. The number of benzene rings is 9. The Morgan fingerprint density at radius 1 is 0.364 bits per heavy atom. The van der Waals surface area contributed by atoms with Gasteiger partial charge in [-0.25, -0.2) is 0 Å². The Morgan fingerprint density at radius 2 is 0.945 bits per heavy atom. The van der Waals surface area contributed by atoms with Gasteiger partial charge in [-0.1, -0.05) is 127 Å². The van der Waals surface area contributed by atoms with Crippen LogP contribution >= 0.6 is 0 Å². The average molecular weight is 703 g/mol. The van der Waals surface area contributed by atoms with E-state index >= 15 is 0 Å². The lowest BCUT2D eigenvalue weighted by Crippen LogP contribution is -2.10. The molecule has 11 rings (SSSR count). The van der Waals surface area contributed by atoms with Gasteiger partial charge in [0.25, 0.3) is 0 Å². The van der Waals surface area contributed by atoms with Crippen molar-refractivity contribution in [2.75, 3.05) is 4.90 Å². The maximum atomic E-state index is 6.41. The van der Waals surface area contributed by atoms with Gasteiger partial charge in [0.1, 0.15) is 11.2 Å². The molecule has 0 N–H and O–H groups in total. The number of hydrogen-bond acceptors (Lipinski definition) is 2. The Hall–Kier alpha value is -7.36. The number of aromatic nitrogens is 1. The molecule has 0 aliphatic rings. The maximum Gasteiger partial charge on any atom is 0.136 e. The van der Waals surface area contributed by atoms with Crippen LogP contribution in [0.25, 0.3) is 82.5 Å².